The van der Waals surface area contributed by atoms with Crippen LogP contribution in [0.5, 0.6) is 0 Å². The molecule has 1 unspecified atom stereocenters. The fourth-order valence-corrected chi connectivity index (χ4v) is 3.68. The van der Waals surface area contributed by atoms with Gasteiger partial charge >= 0.3 is 5.97 Å². The third kappa shape index (κ3) is 11.3. The predicted octanol–water partition coefficient (Wildman–Crippen LogP) is -0.330. The van der Waals surface area contributed by atoms with Crippen molar-refractivity contribution in [2.45, 2.75) is 25.4 Å². The number of carbonyl (C=O) groups is 3. The molecule has 3 aromatic rings. The Labute approximate surface area is 252 Å². The Morgan fingerprint density at radius 1 is 1.05 bits per heavy atom. The summed E-state index contributed by atoms with van der Waals surface area (Å²) in [5, 5.41) is 17.7. The van der Waals surface area contributed by atoms with E-state index >= 15 is 0 Å². The molecule has 0 saturated carbocycles. The molecule has 0 fully saturated rings. The highest BCUT2D eigenvalue weighted by atomic mass is 16.5. The molecular weight excluding hydrogens is 576 g/mol. The molecule has 0 spiro atoms. The van der Waals surface area contributed by atoms with Crippen LogP contribution in [0.25, 0.3) is 11.2 Å². The number of H-pyrrole nitrogens is 1. The molecule has 0 aliphatic rings. The summed E-state index contributed by atoms with van der Waals surface area (Å²) >= 11 is 0. The van der Waals surface area contributed by atoms with Crippen molar-refractivity contribution in [3.63, 3.8) is 0 Å². The Balaban J connectivity index is 1.36. The molecule has 0 bridgehead atoms. The summed E-state index contributed by atoms with van der Waals surface area (Å²) in [7, 11) is 0. The zero-order chi connectivity index (χ0) is 31.7. The van der Waals surface area contributed by atoms with E-state index in [0.717, 1.165) is 0 Å². The average molecular weight is 611 g/mol. The summed E-state index contributed by atoms with van der Waals surface area (Å²) in [6.07, 6.45) is 6.33. The lowest BCUT2D eigenvalue weighted by Crippen LogP contribution is -2.41. The molecule has 0 aliphatic heterocycles. The van der Waals surface area contributed by atoms with Crippen molar-refractivity contribution < 1.29 is 33.7 Å². The minimum absolute atomic E-state index is 0.0531. The second kappa shape index (κ2) is 17.8. The molecule has 234 valence electrons. The minimum atomic E-state index is -1.26. The van der Waals surface area contributed by atoms with E-state index in [9.17, 15) is 24.3 Å². The van der Waals surface area contributed by atoms with Crippen LogP contribution in [0.3, 0.4) is 0 Å². The molecule has 16 heteroatoms. The van der Waals surface area contributed by atoms with Crippen LogP contribution in [-0.4, -0.2) is 95.1 Å². The van der Waals surface area contributed by atoms with Gasteiger partial charge in [-0.05, 0) is 30.7 Å². The number of carboxylic acid groups (broad SMARTS) is 1. The average Bonchev–Trinajstić information content (AvgIpc) is 3.01. The SMILES string of the molecule is C#CCOCCOCCOCCNC(=O)CCC(NC(=O)c1ccc(NCc2cnc3nc(N)[nH]c(=O)c3n2)cc1)C(=O)O. The monoisotopic (exact) mass is 610 g/mol. The number of benzene rings is 1. The number of terminal acetylenes is 1. The van der Waals surface area contributed by atoms with Gasteiger partial charge in [-0.3, -0.25) is 19.4 Å². The number of aromatic nitrogens is 4. The predicted molar refractivity (Wildman–Crippen MR) is 159 cm³/mol. The summed E-state index contributed by atoms with van der Waals surface area (Å²) in [5.74, 6) is 0.0703. The van der Waals surface area contributed by atoms with Crippen molar-refractivity contribution in [2.24, 2.45) is 0 Å². The van der Waals surface area contributed by atoms with Gasteiger partial charge in [0.05, 0.1) is 51.5 Å². The van der Waals surface area contributed by atoms with Crippen LogP contribution in [0.4, 0.5) is 11.6 Å². The molecule has 2 heterocycles. The quantitative estimate of drug-likeness (QED) is 0.0755. The zero-order valence-electron chi connectivity index (χ0n) is 23.8. The van der Waals surface area contributed by atoms with Crippen molar-refractivity contribution in [1.82, 2.24) is 30.6 Å². The first-order valence-electron chi connectivity index (χ1n) is 13.6. The van der Waals surface area contributed by atoms with Crippen LogP contribution >= 0.6 is 0 Å². The number of nitrogen functional groups attached to an aromatic ring is 1. The van der Waals surface area contributed by atoms with Crippen molar-refractivity contribution in [1.29, 1.82) is 0 Å². The van der Waals surface area contributed by atoms with Crippen LogP contribution in [0.1, 0.15) is 28.9 Å². The fourth-order valence-electron chi connectivity index (χ4n) is 3.68. The lowest BCUT2D eigenvalue weighted by molar-refractivity contribution is -0.139. The summed E-state index contributed by atoms with van der Waals surface area (Å²) < 4.78 is 15.7. The Morgan fingerprint density at radius 3 is 2.45 bits per heavy atom. The highest BCUT2D eigenvalue weighted by Gasteiger charge is 2.21. The highest BCUT2D eigenvalue weighted by Crippen LogP contribution is 2.12. The first-order chi connectivity index (χ1) is 21.3. The first kappa shape index (κ1) is 33.4. The molecular formula is C28H34N8O8. The van der Waals surface area contributed by atoms with Crippen LogP contribution in [0.2, 0.25) is 0 Å². The van der Waals surface area contributed by atoms with Gasteiger partial charge in [0, 0.05) is 24.2 Å². The van der Waals surface area contributed by atoms with Crippen LogP contribution in [-0.2, 0) is 30.3 Å². The smallest absolute Gasteiger partial charge is 0.326 e. The number of hydrogen-bond donors (Lipinski definition) is 6. The van der Waals surface area contributed by atoms with E-state index in [0.29, 0.717) is 37.8 Å². The lowest BCUT2D eigenvalue weighted by Gasteiger charge is -2.15. The second-order valence-electron chi connectivity index (χ2n) is 9.15. The van der Waals surface area contributed by atoms with Gasteiger partial charge < -0.3 is 41.0 Å². The van der Waals surface area contributed by atoms with Crippen LogP contribution < -0.4 is 27.2 Å². The standard InChI is InChI=1S/C28H34N8O8/c1-2-10-42-12-14-44-15-13-43-11-9-30-22(37)8-7-21(27(40)41)34-25(38)18-3-5-19(6-4-18)31-16-20-17-32-24-23(33-20)26(39)36-28(29)35-24/h1,3-6,17,21,31H,7-16H2,(H,30,37)(H,34,38)(H,40,41)(H3,29,32,35,36,39). The van der Waals surface area contributed by atoms with E-state index in [1.165, 1.54) is 18.3 Å². The third-order valence-corrected chi connectivity index (χ3v) is 5.87. The number of aliphatic carboxylic acids is 1. The summed E-state index contributed by atoms with van der Waals surface area (Å²) in [5.41, 5.74) is 6.55. The first-order valence-corrected chi connectivity index (χ1v) is 13.6. The van der Waals surface area contributed by atoms with Gasteiger partial charge in [0.25, 0.3) is 11.5 Å². The summed E-state index contributed by atoms with van der Waals surface area (Å²) in [6.45, 7) is 2.46. The maximum Gasteiger partial charge on any atom is 0.326 e. The highest BCUT2D eigenvalue weighted by molar-refractivity contribution is 5.97. The maximum absolute atomic E-state index is 12.7. The number of nitrogens with zero attached hydrogens (tertiary/aromatic N) is 3. The number of nitrogens with two attached hydrogens (primary N) is 1. The molecule has 7 N–H and O–H groups in total. The van der Waals surface area contributed by atoms with Gasteiger partial charge in [0.2, 0.25) is 11.9 Å². The summed E-state index contributed by atoms with van der Waals surface area (Å²) in [4.78, 5) is 63.1. The minimum Gasteiger partial charge on any atom is -0.480 e. The normalized spacial score (nSPS) is 11.4. The fraction of sp³-hybridized carbons (Fsp3) is 0.393. The number of fused-ring (bicyclic) bond motifs is 1. The van der Waals surface area contributed by atoms with Gasteiger partial charge in [0.15, 0.2) is 11.2 Å². The van der Waals surface area contributed by atoms with Crippen LogP contribution in [0, 0.1) is 12.3 Å². The Kier molecular flexibility index (Phi) is 13.5. The van der Waals surface area contributed by atoms with E-state index in [2.05, 4.69) is 41.8 Å². The molecule has 44 heavy (non-hydrogen) atoms. The topological polar surface area (TPSA) is 233 Å². The number of ether oxygens (including phenoxy) is 3. The molecule has 16 nitrogen and oxygen atoms in total. The lowest BCUT2D eigenvalue weighted by atomic mass is 10.1. The van der Waals surface area contributed by atoms with Crippen molar-refractivity contribution >= 4 is 40.6 Å². The number of anilines is 2. The maximum atomic E-state index is 12.7. The molecule has 2 aromatic heterocycles. The number of carboxylic acids is 1. The zero-order valence-corrected chi connectivity index (χ0v) is 23.8. The number of rotatable bonds is 19. The number of aromatic amines is 1. The van der Waals surface area contributed by atoms with E-state index in [4.69, 9.17) is 26.4 Å². The largest absolute Gasteiger partial charge is 0.480 e. The van der Waals surface area contributed by atoms with Gasteiger partial charge in [0.1, 0.15) is 12.6 Å². The van der Waals surface area contributed by atoms with Gasteiger partial charge in [-0.2, -0.15) is 4.98 Å². The second-order valence-corrected chi connectivity index (χ2v) is 9.15. The molecule has 2 amide bonds. The molecule has 1 atom stereocenters. The van der Waals surface area contributed by atoms with E-state index in [1.807, 2.05) is 0 Å². The van der Waals surface area contributed by atoms with Gasteiger partial charge in [-0.15, -0.1) is 6.42 Å². The van der Waals surface area contributed by atoms with E-state index < -0.39 is 23.5 Å². The number of nitrogens with one attached hydrogen (secondary N) is 4. The van der Waals surface area contributed by atoms with E-state index in [-0.39, 0.29) is 67.7 Å². The van der Waals surface area contributed by atoms with Crippen molar-refractivity contribution in [3.05, 3.63) is 52.1 Å². The molecule has 1 aromatic carbocycles. The summed E-state index contributed by atoms with van der Waals surface area (Å²) in [6, 6.07) is 5.04. The number of hydrogen-bond acceptors (Lipinski definition) is 12. The Hall–Kier alpha value is -5.11. The Morgan fingerprint density at radius 2 is 1.75 bits per heavy atom. The van der Waals surface area contributed by atoms with E-state index in [1.54, 1.807) is 12.1 Å². The van der Waals surface area contributed by atoms with Crippen molar-refractivity contribution in [3.8, 4) is 12.3 Å². The molecule has 0 aliphatic carbocycles. The third-order valence-electron chi connectivity index (χ3n) is 5.87. The number of carbonyl (C=O) groups excluding carboxylic acids is 2. The van der Waals surface area contributed by atoms with Gasteiger partial charge in [-0.25, -0.2) is 14.8 Å². The molecule has 0 radical (unpaired) electrons. The van der Waals surface area contributed by atoms with Crippen molar-refractivity contribution in [2.75, 3.05) is 57.2 Å². The van der Waals surface area contributed by atoms with Gasteiger partial charge in [-0.1, -0.05) is 5.92 Å². The molecule has 3 rings (SSSR count). The Bertz CT molecular complexity index is 1510. The number of amides is 2. The van der Waals surface area contributed by atoms with Crippen LogP contribution in [0.15, 0.2) is 35.3 Å². The molecule has 0 saturated heterocycles.